The van der Waals surface area contributed by atoms with Gasteiger partial charge in [0.05, 0.1) is 22.5 Å². The van der Waals surface area contributed by atoms with Crippen molar-refractivity contribution in [3.63, 3.8) is 0 Å². The number of aryl methyl sites for hydroxylation is 1. The van der Waals surface area contributed by atoms with Crippen LogP contribution in [-0.4, -0.2) is 35.8 Å². The molecule has 1 fully saturated rings. The van der Waals surface area contributed by atoms with Crippen molar-refractivity contribution in [1.82, 2.24) is 4.90 Å². The highest BCUT2D eigenvalue weighted by Gasteiger charge is 2.35. The minimum atomic E-state index is -0.347. The van der Waals surface area contributed by atoms with Gasteiger partial charge in [-0.25, -0.2) is 0 Å². The number of thioether (sulfide) groups is 1. The van der Waals surface area contributed by atoms with Crippen molar-refractivity contribution < 1.29 is 23.8 Å². The van der Waals surface area contributed by atoms with E-state index < -0.39 is 0 Å². The van der Waals surface area contributed by atoms with Crippen molar-refractivity contribution in [2.24, 2.45) is 0 Å². The van der Waals surface area contributed by atoms with Gasteiger partial charge in [-0.05, 0) is 101 Å². The molecule has 1 heterocycles. The van der Waals surface area contributed by atoms with E-state index >= 15 is 0 Å². The van der Waals surface area contributed by atoms with E-state index in [-0.39, 0.29) is 24.3 Å². The van der Waals surface area contributed by atoms with Gasteiger partial charge in [0.25, 0.3) is 11.1 Å². The monoisotopic (exact) mass is 601 g/mol. The highest BCUT2D eigenvalue weighted by atomic mass is 79.9. The molecule has 1 aliphatic heterocycles. The number of carbonyl (C=O) groups excluding carboxylic acids is 2. The summed E-state index contributed by atoms with van der Waals surface area (Å²) in [5.41, 5.74) is 2.74. The van der Waals surface area contributed by atoms with Crippen molar-refractivity contribution in [3.05, 3.63) is 91.8 Å². The Kier molecular flexibility index (Phi) is 9.18. The molecule has 0 atom stereocenters. The van der Waals surface area contributed by atoms with Crippen molar-refractivity contribution in [3.8, 4) is 17.2 Å². The Morgan fingerprint density at radius 2 is 1.81 bits per heavy atom. The summed E-state index contributed by atoms with van der Waals surface area (Å²) >= 11 is 10.4. The number of hydrogen-bond acceptors (Lipinski definition) is 6. The number of amides is 2. The SMILES string of the molecule is CCOc1cc(/C=C2\SC(=O)N(CCOc3cccc(C)c3)C2=O)cc(Br)c1OCc1ccc(Cl)cc1. The van der Waals surface area contributed by atoms with Crippen LogP contribution in [0.15, 0.2) is 70.0 Å². The van der Waals surface area contributed by atoms with Gasteiger partial charge in [0.15, 0.2) is 11.5 Å². The molecule has 0 radical (unpaired) electrons. The lowest BCUT2D eigenvalue weighted by atomic mass is 10.1. The fraction of sp³-hybridized carbons (Fsp3) is 0.214. The van der Waals surface area contributed by atoms with E-state index in [4.69, 9.17) is 25.8 Å². The van der Waals surface area contributed by atoms with E-state index in [2.05, 4.69) is 15.9 Å². The topological polar surface area (TPSA) is 65.1 Å². The van der Waals surface area contributed by atoms with Crippen LogP contribution in [0, 0.1) is 6.92 Å². The van der Waals surface area contributed by atoms with E-state index in [0.717, 1.165) is 22.9 Å². The van der Waals surface area contributed by atoms with Crippen molar-refractivity contribution in [2.75, 3.05) is 19.8 Å². The average Bonchev–Trinajstić information content (AvgIpc) is 3.12. The number of benzene rings is 3. The summed E-state index contributed by atoms with van der Waals surface area (Å²) < 4.78 is 18.2. The number of carbonyl (C=O) groups is 2. The molecule has 0 N–H and O–H groups in total. The Bertz CT molecular complexity index is 1330. The lowest BCUT2D eigenvalue weighted by Gasteiger charge is -2.15. The smallest absolute Gasteiger partial charge is 0.293 e. The summed E-state index contributed by atoms with van der Waals surface area (Å²) in [5, 5.41) is 0.337. The molecule has 6 nitrogen and oxygen atoms in total. The molecule has 9 heteroatoms. The maximum absolute atomic E-state index is 12.9. The summed E-state index contributed by atoms with van der Waals surface area (Å²) in [6.07, 6.45) is 1.68. The first-order valence-corrected chi connectivity index (χ1v) is 13.6. The summed E-state index contributed by atoms with van der Waals surface area (Å²) in [5.74, 6) is 1.44. The predicted octanol–water partition coefficient (Wildman–Crippen LogP) is 7.50. The first kappa shape index (κ1) is 27.1. The second kappa shape index (κ2) is 12.5. The van der Waals surface area contributed by atoms with Gasteiger partial charge in [-0.2, -0.15) is 0 Å². The first-order chi connectivity index (χ1) is 17.8. The maximum Gasteiger partial charge on any atom is 0.293 e. The van der Waals surface area contributed by atoms with E-state index in [1.54, 1.807) is 12.1 Å². The quantitative estimate of drug-likeness (QED) is 0.224. The molecule has 0 unspecified atom stereocenters. The van der Waals surface area contributed by atoms with Crippen LogP contribution in [0.2, 0.25) is 5.02 Å². The number of ether oxygens (including phenoxy) is 3. The molecule has 2 amide bonds. The maximum atomic E-state index is 12.9. The third-order valence-corrected chi connectivity index (χ3v) is 7.12. The van der Waals surface area contributed by atoms with Crippen LogP contribution in [0.1, 0.15) is 23.6 Å². The average molecular weight is 603 g/mol. The third-order valence-electron chi connectivity index (χ3n) is 5.37. The Balaban J connectivity index is 1.45. The van der Waals surface area contributed by atoms with Crippen molar-refractivity contribution in [2.45, 2.75) is 20.5 Å². The Morgan fingerprint density at radius 1 is 1.03 bits per heavy atom. The van der Waals surface area contributed by atoms with Crippen LogP contribution >= 0.6 is 39.3 Å². The van der Waals surface area contributed by atoms with E-state index in [9.17, 15) is 9.59 Å². The number of rotatable bonds is 10. The minimum absolute atomic E-state index is 0.168. The molecule has 192 valence electrons. The first-order valence-electron chi connectivity index (χ1n) is 11.6. The fourth-order valence-corrected chi connectivity index (χ4v) is 5.18. The molecule has 0 aliphatic carbocycles. The highest BCUT2D eigenvalue weighted by molar-refractivity contribution is 9.10. The van der Waals surface area contributed by atoms with Crippen LogP contribution in [0.25, 0.3) is 6.08 Å². The zero-order valence-corrected chi connectivity index (χ0v) is 23.5. The number of nitrogens with zero attached hydrogens (tertiary/aromatic N) is 1. The molecule has 0 bridgehead atoms. The molecular weight excluding hydrogens is 578 g/mol. The van der Waals surface area contributed by atoms with E-state index in [0.29, 0.717) is 50.4 Å². The predicted molar refractivity (Wildman–Crippen MR) is 150 cm³/mol. The summed E-state index contributed by atoms with van der Waals surface area (Å²) in [6, 6.07) is 18.7. The summed E-state index contributed by atoms with van der Waals surface area (Å²) in [7, 11) is 0. The van der Waals surface area contributed by atoms with E-state index in [1.807, 2.05) is 68.4 Å². The number of imide groups is 1. The van der Waals surface area contributed by atoms with Crippen LogP contribution in [0.5, 0.6) is 17.2 Å². The van der Waals surface area contributed by atoms with Gasteiger partial charge in [-0.1, -0.05) is 35.9 Å². The molecule has 3 aromatic rings. The summed E-state index contributed by atoms with van der Waals surface area (Å²) in [6.45, 7) is 5.01. The molecule has 3 aromatic carbocycles. The van der Waals surface area contributed by atoms with Gasteiger partial charge in [-0.3, -0.25) is 14.5 Å². The van der Waals surface area contributed by atoms with Crippen LogP contribution < -0.4 is 14.2 Å². The second-order valence-corrected chi connectivity index (χ2v) is 10.5. The van der Waals surface area contributed by atoms with Gasteiger partial charge in [0.1, 0.15) is 19.0 Å². The molecule has 4 rings (SSSR count). The molecule has 0 spiro atoms. The molecule has 1 aliphatic rings. The van der Waals surface area contributed by atoms with Crippen molar-refractivity contribution in [1.29, 1.82) is 0 Å². The van der Waals surface area contributed by atoms with Crippen molar-refractivity contribution >= 4 is 56.5 Å². The zero-order valence-electron chi connectivity index (χ0n) is 20.3. The molecule has 1 saturated heterocycles. The lowest BCUT2D eigenvalue weighted by Crippen LogP contribution is -2.32. The van der Waals surface area contributed by atoms with Crippen LogP contribution in [0.3, 0.4) is 0 Å². The molecule has 0 saturated carbocycles. The molecule has 0 aromatic heterocycles. The Morgan fingerprint density at radius 3 is 2.54 bits per heavy atom. The van der Waals surface area contributed by atoms with Gasteiger partial charge >= 0.3 is 0 Å². The third kappa shape index (κ3) is 7.09. The van der Waals surface area contributed by atoms with E-state index in [1.165, 1.54) is 4.90 Å². The molecular formula is C28H25BrClNO5S. The molecule has 37 heavy (non-hydrogen) atoms. The lowest BCUT2D eigenvalue weighted by molar-refractivity contribution is -0.123. The van der Waals surface area contributed by atoms with Gasteiger partial charge in [0.2, 0.25) is 0 Å². The fourth-order valence-electron chi connectivity index (χ4n) is 3.61. The Labute approximate surface area is 233 Å². The second-order valence-electron chi connectivity index (χ2n) is 8.18. The van der Waals surface area contributed by atoms with Crippen LogP contribution in [-0.2, 0) is 11.4 Å². The number of hydrogen-bond donors (Lipinski definition) is 0. The van der Waals surface area contributed by atoms with Gasteiger partial charge in [0, 0.05) is 5.02 Å². The largest absolute Gasteiger partial charge is 0.492 e. The van der Waals surface area contributed by atoms with Crippen LogP contribution in [0.4, 0.5) is 4.79 Å². The van der Waals surface area contributed by atoms with Gasteiger partial charge in [-0.15, -0.1) is 0 Å². The standard InChI is InChI=1S/C28H25BrClNO5S/c1-3-34-24-15-20(14-23(29)26(24)36-17-19-7-9-21(30)10-8-19)16-25-27(32)31(28(33)37-25)11-12-35-22-6-4-5-18(2)13-22/h4-10,13-16H,3,11-12,17H2,1-2H3/b25-16-. The van der Waals surface area contributed by atoms with Gasteiger partial charge < -0.3 is 14.2 Å². The Hall–Kier alpha value is -2.94. The normalized spacial score (nSPS) is 14.4. The summed E-state index contributed by atoms with van der Waals surface area (Å²) in [4.78, 5) is 27.0. The zero-order chi connectivity index (χ0) is 26.4. The minimum Gasteiger partial charge on any atom is -0.492 e. The number of halogens is 2. The highest BCUT2D eigenvalue weighted by Crippen LogP contribution is 2.39.